The first-order chi connectivity index (χ1) is 6.11. The van der Waals surface area contributed by atoms with Gasteiger partial charge in [0.05, 0.1) is 7.11 Å². The van der Waals surface area contributed by atoms with Crippen LogP contribution in [0.5, 0.6) is 0 Å². The topological polar surface area (TPSA) is 65.1 Å². The van der Waals surface area contributed by atoms with Crippen molar-refractivity contribution in [3.8, 4) is 0 Å². The number of hydrogen-bond acceptors (Lipinski definition) is 5. The lowest BCUT2D eigenvalue weighted by Crippen LogP contribution is -2.43. The Morgan fingerprint density at radius 3 is 2.00 bits per heavy atom. The van der Waals surface area contributed by atoms with Crippen molar-refractivity contribution in [2.45, 2.75) is 5.79 Å². The number of amides is 1. The SMILES string of the molecule is CON1CC(OC)(OC)C(=O)C1=O. The normalized spacial score (nSPS) is 21.3. The molecular weight excluding hydrogens is 178 g/mol. The standard InChI is InChI=1S/C7H11NO5/c1-11-7(12-2)4-8(13-3)6(10)5(7)9/h4H2,1-3H3. The summed E-state index contributed by atoms with van der Waals surface area (Å²) in [5, 5.41) is 0.898. The van der Waals surface area contributed by atoms with Crippen LogP contribution in [0, 0.1) is 0 Å². The van der Waals surface area contributed by atoms with Crippen LogP contribution < -0.4 is 0 Å². The van der Waals surface area contributed by atoms with E-state index in [9.17, 15) is 9.59 Å². The van der Waals surface area contributed by atoms with Gasteiger partial charge in [-0.25, -0.2) is 5.06 Å². The number of nitrogens with zero attached hydrogens (tertiary/aromatic N) is 1. The zero-order valence-electron chi connectivity index (χ0n) is 7.70. The highest BCUT2D eigenvalue weighted by molar-refractivity contribution is 6.40. The van der Waals surface area contributed by atoms with Crippen molar-refractivity contribution in [3.05, 3.63) is 0 Å². The Morgan fingerprint density at radius 1 is 1.23 bits per heavy atom. The lowest BCUT2D eigenvalue weighted by atomic mass is 10.2. The van der Waals surface area contributed by atoms with E-state index in [1.54, 1.807) is 0 Å². The van der Waals surface area contributed by atoms with Crippen LogP contribution in [0.25, 0.3) is 0 Å². The van der Waals surface area contributed by atoms with Gasteiger partial charge in [0.1, 0.15) is 6.54 Å². The van der Waals surface area contributed by atoms with Gasteiger partial charge in [0.2, 0.25) is 0 Å². The van der Waals surface area contributed by atoms with E-state index in [4.69, 9.17) is 9.47 Å². The monoisotopic (exact) mass is 189 g/mol. The molecule has 1 amide bonds. The molecule has 0 N–H and O–H groups in total. The van der Waals surface area contributed by atoms with Gasteiger partial charge in [0.25, 0.3) is 11.6 Å². The van der Waals surface area contributed by atoms with Gasteiger partial charge in [-0.05, 0) is 0 Å². The second-order valence-corrected chi connectivity index (χ2v) is 2.51. The molecule has 1 fully saturated rings. The Bertz CT molecular complexity index is 235. The maximum absolute atomic E-state index is 11.3. The molecule has 0 aromatic rings. The number of ketones is 1. The summed E-state index contributed by atoms with van der Waals surface area (Å²) in [6, 6.07) is 0. The van der Waals surface area contributed by atoms with Gasteiger partial charge >= 0.3 is 5.91 Å². The van der Waals surface area contributed by atoms with Gasteiger partial charge in [-0.2, -0.15) is 0 Å². The summed E-state index contributed by atoms with van der Waals surface area (Å²) >= 11 is 0. The minimum atomic E-state index is -1.51. The summed E-state index contributed by atoms with van der Waals surface area (Å²) in [7, 11) is 3.90. The smallest absolute Gasteiger partial charge is 0.319 e. The first kappa shape index (κ1) is 10.1. The Kier molecular flexibility index (Phi) is 2.65. The number of methoxy groups -OCH3 is 2. The van der Waals surface area contributed by atoms with Gasteiger partial charge in [-0.1, -0.05) is 0 Å². The fraction of sp³-hybridized carbons (Fsp3) is 0.714. The molecule has 1 aliphatic heterocycles. The van der Waals surface area contributed by atoms with E-state index in [-0.39, 0.29) is 6.54 Å². The van der Waals surface area contributed by atoms with Crippen LogP contribution in [0.2, 0.25) is 0 Å². The summed E-state index contributed by atoms with van der Waals surface area (Å²) in [4.78, 5) is 27.2. The summed E-state index contributed by atoms with van der Waals surface area (Å²) < 4.78 is 9.70. The van der Waals surface area contributed by atoms with E-state index in [2.05, 4.69) is 4.84 Å². The second kappa shape index (κ2) is 3.41. The number of carbonyl (C=O) groups excluding carboxylic acids is 2. The summed E-state index contributed by atoms with van der Waals surface area (Å²) in [6.45, 7) is -0.0475. The molecule has 1 heterocycles. The number of ether oxygens (including phenoxy) is 2. The van der Waals surface area contributed by atoms with Crippen molar-refractivity contribution >= 4 is 11.7 Å². The van der Waals surface area contributed by atoms with Gasteiger partial charge < -0.3 is 9.47 Å². The zero-order chi connectivity index (χ0) is 10.1. The molecule has 0 aromatic heterocycles. The van der Waals surface area contributed by atoms with E-state index in [1.165, 1.54) is 21.3 Å². The van der Waals surface area contributed by atoms with Crippen LogP contribution in [-0.2, 0) is 23.9 Å². The molecule has 0 bridgehead atoms. The minimum Gasteiger partial charge on any atom is -0.345 e. The highest BCUT2D eigenvalue weighted by Crippen LogP contribution is 2.22. The number of carbonyl (C=O) groups is 2. The van der Waals surface area contributed by atoms with E-state index < -0.39 is 17.5 Å². The van der Waals surface area contributed by atoms with Crippen molar-refractivity contribution in [1.82, 2.24) is 5.06 Å². The number of hydrogen-bond donors (Lipinski definition) is 0. The molecule has 0 radical (unpaired) electrons. The molecule has 0 saturated carbocycles. The van der Waals surface area contributed by atoms with Gasteiger partial charge in [-0.15, -0.1) is 0 Å². The fourth-order valence-corrected chi connectivity index (χ4v) is 1.15. The lowest BCUT2D eigenvalue weighted by Gasteiger charge is -2.22. The van der Waals surface area contributed by atoms with Crippen LogP contribution in [0.15, 0.2) is 0 Å². The first-order valence-electron chi connectivity index (χ1n) is 3.62. The van der Waals surface area contributed by atoms with E-state index in [0.29, 0.717) is 0 Å². The molecule has 0 aromatic carbocycles. The summed E-state index contributed by atoms with van der Waals surface area (Å²) in [6.07, 6.45) is 0. The first-order valence-corrected chi connectivity index (χ1v) is 3.62. The second-order valence-electron chi connectivity index (χ2n) is 2.51. The number of rotatable bonds is 3. The average Bonchev–Trinajstić information content (AvgIpc) is 2.42. The quantitative estimate of drug-likeness (QED) is 0.418. The van der Waals surface area contributed by atoms with Gasteiger partial charge in [-0.3, -0.25) is 14.4 Å². The molecule has 1 saturated heterocycles. The lowest BCUT2D eigenvalue weighted by molar-refractivity contribution is -0.215. The molecule has 0 unspecified atom stereocenters. The molecule has 0 spiro atoms. The molecule has 6 heteroatoms. The van der Waals surface area contributed by atoms with Crippen molar-refractivity contribution in [1.29, 1.82) is 0 Å². The molecule has 74 valence electrons. The Balaban J connectivity index is 2.92. The molecule has 13 heavy (non-hydrogen) atoms. The third-order valence-electron chi connectivity index (χ3n) is 2.00. The van der Waals surface area contributed by atoms with E-state index >= 15 is 0 Å². The van der Waals surface area contributed by atoms with Crippen molar-refractivity contribution in [2.75, 3.05) is 27.9 Å². The van der Waals surface area contributed by atoms with Crippen LogP contribution in [0.3, 0.4) is 0 Å². The Hall–Kier alpha value is -0.980. The van der Waals surface area contributed by atoms with Crippen molar-refractivity contribution in [2.24, 2.45) is 0 Å². The van der Waals surface area contributed by atoms with Crippen LogP contribution in [0.4, 0.5) is 0 Å². The van der Waals surface area contributed by atoms with Crippen LogP contribution in [0.1, 0.15) is 0 Å². The maximum Gasteiger partial charge on any atom is 0.319 e. The molecule has 1 aliphatic rings. The molecule has 0 aliphatic carbocycles. The van der Waals surface area contributed by atoms with E-state index in [0.717, 1.165) is 5.06 Å². The Morgan fingerprint density at radius 2 is 1.77 bits per heavy atom. The number of Topliss-reactive ketones (excluding diaryl/α,β-unsaturated/α-hetero) is 1. The van der Waals surface area contributed by atoms with Crippen molar-refractivity contribution in [3.63, 3.8) is 0 Å². The third-order valence-corrected chi connectivity index (χ3v) is 2.00. The van der Waals surface area contributed by atoms with Crippen LogP contribution in [-0.4, -0.2) is 50.4 Å². The largest absolute Gasteiger partial charge is 0.345 e. The predicted octanol–water partition coefficient (Wildman–Crippen LogP) is -1.05. The minimum absolute atomic E-state index is 0.0475. The number of hydroxylamine groups is 2. The summed E-state index contributed by atoms with van der Waals surface area (Å²) in [5.74, 6) is -3.02. The van der Waals surface area contributed by atoms with E-state index in [1.807, 2.05) is 0 Å². The predicted molar refractivity (Wildman–Crippen MR) is 40.5 cm³/mol. The fourth-order valence-electron chi connectivity index (χ4n) is 1.15. The third kappa shape index (κ3) is 1.32. The van der Waals surface area contributed by atoms with Gasteiger partial charge in [0.15, 0.2) is 0 Å². The molecule has 1 rings (SSSR count). The van der Waals surface area contributed by atoms with Gasteiger partial charge in [0, 0.05) is 14.2 Å². The van der Waals surface area contributed by atoms with Crippen LogP contribution >= 0.6 is 0 Å². The Labute approximate surface area is 75.3 Å². The highest BCUT2D eigenvalue weighted by atomic mass is 16.7. The zero-order valence-corrected chi connectivity index (χ0v) is 7.70. The highest BCUT2D eigenvalue weighted by Gasteiger charge is 2.54. The molecular formula is C7H11NO5. The average molecular weight is 189 g/mol. The molecule has 6 nitrogen and oxygen atoms in total. The van der Waals surface area contributed by atoms with Crippen molar-refractivity contribution < 1.29 is 23.9 Å². The summed E-state index contributed by atoms with van der Waals surface area (Å²) in [5.41, 5.74) is 0. The molecule has 0 atom stereocenters. The maximum atomic E-state index is 11.3.